The summed E-state index contributed by atoms with van der Waals surface area (Å²) in [6.07, 6.45) is 3.10. The number of aliphatic carboxylic acids is 1. The minimum atomic E-state index is -1.05. The van der Waals surface area contributed by atoms with Gasteiger partial charge in [-0.15, -0.1) is 0 Å². The van der Waals surface area contributed by atoms with Crippen LogP contribution in [0, 0.1) is 11.8 Å². The molecule has 1 atom stereocenters. The van der Waals surface area contributed by atoms with E-state index in [0.29, 0.717) is 12.0 Å². The Bertz CT molecular complexity index is 1150. The molecule has 0 bridgehead atoms. The van der Waals surface area contributed by atoms with Crippen LogP contribution >= 0.6 is 0 Å². The Balaban J connectivity index is 1.54. The number of hydrogen-bond donors (Lipinski definition) is 1. The molecule has 33 heavy (non-hydrogen) atoms. The van der Waals surface area contributed by atoms with Gasteiger partial charge in [-0.3, -0.25) is 4.79 Å². The Labute approximate surface area is 194 Å². The molecule has 1 heterocycles. The standard InChI is InChI=1S/C29H25NO3/c31-28(27(24-16-6-2-7-17-24)25-18-8-3-9-19-25)30-21-23(20-26(30)29(32)33)15-11-10-14-22-12-4-1-5-13-22/h1-9,12-13,16-20,26-27H,10,14,21H2,(H,32,33). The fraction of sp³-hybridized carbons (Fsp3) is 0.172. The van der Waals surface area contributed by atoms with E-state index >= 15 is 0 Å². The van der Waals surface area contributed by atoms with Crippen LogP contribution in [0.15, 0.2) is 103 Å². The predicted octanol–water partition coefficient (Wildman–Crippen LogP) is 4.68. The summed E-state index contributed by atoms with van der Waals surface area (Å²) in [5, 5.41) is 9.81. The first-order chi connectivity index (χ1) is 16.1. The maximum absolute atomic E-state index is 13.7. The fourth-order valence-corrected chi connectivity index (χ4v) is 4.08. The molecule has 0 fully saturated rings. The van der Waals surface area contributed by atoms with E-state index in [2.05, 4.69) is 24.0 Å². The van der Waals surface area contributed by atoms with E-state index in [-0.39, 0.29) is 12.5 Å². The second-order valence-electron chi connectivity index (χ2n) is 7.98. The van der Waals surface area contributed by atoms with Gasteiger partial charge < -0.3 is 10.0 Å². The Hall–Kier alpha value is -4.10. The second kappa shape index (κ2) is 10.5. The first-order valence-corrected chi connectivity index (χ1v) is 11.0. The third kappa shape index (κ3) is 5.39. The summed E-state index contributed by atoms with van der Waals surface area (Å²) >= 11 is 0. The Morgan fingerprint density at radius 2 is 1.42 bits per heavy atom. The van der Waals surface area contributed by atoms with Gasteiger partial charge in [0.25, 0.3) is 0 Å². The van der Waals surface area contributed by atoms with Crippen LogP contribution in [0.2, 0.25) is 0 Å². The van der Waals surface area contributed by atoms with Gasteiger partial charge in [0.05, 0.1) is 12.5 Å². The molecule has 0 saturated carbocycles. The predicted molar refractivity (Wildman–Crippen MR) is 128 cm³/mol. The highest BCUT2D eigenvalue weighted by molar-refractivity contribution is 5.92. The highest BCUT2D eigenvalue weighted by Gasteiger charge is 2.37. The summed E-state index contributed by atoms with van der Waals surface area (Å²) in [5.41, 5.74) is 3.55. The van der Waals surface area contributed by atoms with Gasteiger partial charge in [-0.25, -0.2) is 4.79 Å². The zero-order valence-electron chi connectivity index (χ0n) is 18.2. The van der Waals surface area contributed by atoms with E-state index in [0.717, 1.165) is 17.5 Å². The number of benzene rings is 3. The van der Waals surface area contributed by atoms with Gasteiger partial charge in [0.1, 0.15) is 6.04 Å². The van der Waals surface area contributed by atoms with Gasteiger partial charge in [-0.1, -0.05) is 103 Å². The molecular formula is C29H25NO3. The Morgan fingerprint density at radius 1 is 0.879 bits per heavy atom. The van der Waals surface area contributed by atoms with Crippen molar-refractivity contribution in [2.75, 3.05) is 6.54 Å². The van der Waals surface area contributed by atoms with Crippen molar-refractivity contribution in [3.05, 3.63) is 119 Å². The lowest BCUT2D eigenvalue weighted by Gasteiger charge is -2.27. The van der Waals surface area contributed by atoms with Crippen LogP contribution in [0.1, 0.15) is 29.0 Å². The summed E-state index contributed by atoms with van der Waals surface area (Å²) in [7, 11) is 0. The van der Waals surface area contributed by atoms with Crippen LogP contribution in [0.25, 0.3) is 0 Å². The first kappa shape index (κ1) is 22.1. The van der Waals surface area contributed by atoms with E-state index in [1.807, 2.05) is 78.9 Å². The van der Waals surface area contributed by atoms with Gasteiger partial charge in [0.2, 0.25) is 5.91 Å². The lowest BCUT2D eigenvalue weighted by atomic mass is 9.90. The number of hydrogen-bond acceptors (Lipinski definition) is 2. The molecule has 0 saturated heterocycles. The van der Waals surface area contributed by atoms with Crippen molar-refractivity contribution in [2.24, 2.45) is 0 Å². The topological polar surface area (TPSA) is 57.6 Å². The van der Waals surface area contributed by atoms with Crippen molar-refractivity contribution < 1.29 is 14.7 Å². The summed E-state index contributed by atoms with van der Waals surface area (Å²) in [5.74, 6) is 4.37. The van der Waals surface area contributed by atoms with Crippen molar-refractivity contribution in [1.82, 2.24) is 4.90 Å². The van der Waals surface area contributed by atoms with Crippen molar-refractivity contribution in [2.45, 2.75) is 24.8 Å². The molecule has 0 aromatic heterocycles. The molecule has 164 valence electrons. The third-order valence-corrected chi connectivity index (χ3v) is 5.71. The SMILES string of the molecule is O=C(O)C1C=C(C#CCCc2ccccc2)CN1C(=O)C(c1ccccc1)c1ccccc1. The van der Waals surface area contributed by atoms with Crippen LogP contribution in [-0.2, 0) is 16.0 Å². The molecule has 0 aliphatic carbocycles. The van der Waals surface area contributed by atoms with Gasteiger partial charge in [0.15, 0.2) is 0 Å². The van der Waals surface area contributed by atoms with Gasteiger partial charge in [-0.2, -0.15) is 0 Å². The molecule has 1 aliphatic heterocycles. The molecule has 4 heteroatoms. The number of carbonyl (C=O) groups is 2. The molecule has 1 amide bonds. The molecule has 4 rings (SSSR count). The van der Waals surface area contributed by atoms with Crippen molar-refractivity contribution in [3.8, 4) is 11.8 Å². The van der Waals surface area contributed by atoms with Crippen molar-refractivity contribution >= 4 is 11.9 Å². The number of rotatable bonds is 6. The normalized spacial score (nSPS) is 15.0. The van der Waals surface area contributed by atoms with E-state index in [1.165, 1.54) is 10.5 Å². The highest BCUT2D eigenvalue weighted by atomic mass is 16.4. The van der Waals surface area contributed by atoms with E-state index in [4.69, 9.17) is 0 Å². The largest absolute Gasteiger partial charge is 0.479 e. The number of amides is 1. The molecule has 1 unspecified atom stereocenters. The summed E-state index contributed by atoms with van der Waals surface area (Å²) in [4.78, 5) is 27.1. The molecule has 0 radical (unpaired) electrons. The summed E-state index contributed by atoms with van der Waals surface area (Å²) in [6, 6.07) is 28.0. The monoisotopic (exact) mass is 435 g/mol. The molecule has 0 spiro atoms. The Morgan fingerprint density at radius 3 is 1.97 bits per heavy atom. The van der Waals surface area contributed by atoms with Gasteiger partial charge >= 0.3 is 5.97 Å². The maximum atomic E-state index is 13.7. The van der Waals surface area contributed by atoms with Crippen molar-refractivity contribution in [3.63, 3.8) is 0 Å². The van der Waals surface area contributed by atoms with Crippen LogP contribution < -0.4 is 0 Å². The number of aryl methyl sites for hydroxylation is 1. The average Bonchev–Trinajstić information content (AvgIpc) is 3.29. The average molecular weight is 436 g/mol. The summed E-state index contributed by atoms with van der Waals surface area (Å²) in [6.45, 7) is 0.199. The minimum absolute atomic E-state index is 0.199. The Kier molecular flexibility index (Phi) is 7.02. The molecule has 3 aromatic rings. The third-order valence-electron chi connectivity index (χ3n) is 5.71. The number of nitrogens with zero attached hydrogens (tertiary/aromatic N) is 1. The van der Waals surface area contributed by atoms with E-state index < -0.39 is 17.9 Å². The smallest absolute Gasteiger partial charge is 0.330 e. The molecule has 3 aromatic carbocycles. The summed E-state index contributed by atoms with van der Waals surface area (Å²) < 4.78 is 0. The molecular weight excluding hydrogens is 410 g/mol. The molecule has 1 N–H and O–H groups in total. The number of carbonyl (C=O) groups excluding carboxylic acids is 1. The lowest BCUT2D eigenvalue weighted by Crippen LogP contribution is -2.43. The molecule has 4 nitrogen and oxygen atoms in total. The van der Waals surface area contributed by atoms with E-state index in [1.54, 1.807) is 6.08 Å². The number of carboxylic acids is 1. The van der Waals surface area contributed by atoms with Crippen LogP contribution in [0.4, 0.5) is 0 Å². The first-order valence-electron chi connectivity index (χ1n) is 11.0. The maximum Gasteiger partial charge on any atom is 0.330 e. The highest BCUT2D eigenvalue weighted by Crippen LogP contribution is 2.30. The number of carboxylic acid groups (broad SMARTS) is 1. The van der Waals surface area contributed by atoms with Crippen LogP contribution in [-0.4, -0.2) is 34.5 Å². The fourth-order valence-electron chi connectivity index (χ4n) is 4.08. The quantitative estimate of drug-likeness (QED) is 0.572. The lowest BCUT2D eigenvalue weighted by molar-refractivity contribution is -0.147. The van der Waals surface area contributed by atoms with Crippen LogP contribution in [0.5, 0.6) is 0 Å². The zero-order chi connectivity index (χ0) is 23.0. The molecule has 1 aliphatic rings. The van der Waals surface area contributed by atoms with Crippen LogP contribution in [0.3, 0.4) is 0 Å². The zero-order valence-corrected chi connectivity index (χ0v) is 18.2. The van der Waals surface area contributed by atoms with Gasteiger partial charge in [-0.05, 0) is 29.2 Å². The van der Waals surface area contributed by atoms with E-state index in [9.17, 15) is 14.7 Å². The van der Waals surface area contributed by atoms with Crippen molar-refractivity contribution in [1.29, 1.82) is 0 Å². The second-order valence-corrected chi connectivity index (χ2v) is 7.98. The van der Waals surface area contributed by atoms with Gasteiger partial charge in [0, 0.05) is 12.0 Å². The minimum Gasteiger partial charge on any atom is -0.479 e.